The Balaban J connectivity index is 1.39. The highest BCUT2D eigenvalue weighted by molar-refractivity contribution is 5.55. The SMILES string of the molecule is c1cncc(-c2cc(Cc3ccc(CCc4ccco4)cc3)no2)c1. The van der Waals surface area contributed by atoms with Crippen LogP contribution in [-0.2, 0) is 19.3 Å². The molecule has 0 fully saturated rings. The molecule has 0 amide bonds. The number of benzene rings is 1. The van der Waals surface area contributed by atoms with Crippen molar-refractivity contribution in [3.8, 4) is 11.3 Å². The predicted octanol–water partition coefficient (Wildman–Crippen LogP) is 4.71. The van der Waals surface area contributed by atoms with E-state index in [9.17, 15) is 0 Å². The molecule has 124 valence electrons. The van der Waals surface area contributed by atoms with E-state index >= 15 is 0 Å². The zero-order valence-electron chi connectivity index (χ0n) is 13.8. The Labute approximate surface area is 146 Å². The average molecular weight is 330 g/mol. The summed E-state index contributed by atoms with van der Waals surface area (Å²) < 4.78 is 10.8. The summed E-state index contributed by atoms with van der Waals surface area (Å²) in [4.78, 5) is 4.11. The average Bonchev–Trinajstić information content (AvgIpc) is 3.34. The van der Waals surface area contributed by atoms with Crippen LogP contribution in [0, 0.1) is 0 Å². The third-order valence-electron chi connectivity index (χ3n) is 4.15. The molecule has 4 aromatic rings. The van der Waals surface area contributed by atoms with E-state index in [0.717, 1.165) is 42.0 Å². The van der Waals surface area contributed by atoms with Crippen LogP contribution in [-0.4, -0.2) is 10.1 Å². The molecule has 0 N–H and O–H groups in total. The van der Waals surface area contributed by atoms with Crippen molar-refractivity contribution in [3.05, 3.63) is 95.8 Å². The minimum absolute atomic E-state index is 0.748. The topological polar surface area (TPSA) is 52.1 Å². The van der Waals surface area contributed by atoms with Gasteiger partial charge in [0.15, 0.2) is 5.76 Å². The second kappa shape index (κ2) is 7.18. The van der Waals surface area contributed by atoms with Crippen LogP contribution in [0.4, 0.5) is 0 Å². The van der Waals surface area contributed by atoms with Crippen molar-refractivity contribution in [1.29, 1.82) is 0 Å². The van der Waals surface area contributed by atoms with Crippen LogP contribution in [0.5, 0.6) is 0 Å². The van der Waals surface area contributed by atoms with Gasteiger partial charge in [-0.25, -0.2) is 0 Å². The summed E-state index contributed by atoms with van der Waals surface area (Å²) >= 11 is 0. The molecule has 4 nitrogen and oxygen atoms in total. The maximum absolute atomic E-state index is 5.43. The molecule has 0 atom stereocenters. The first-order valence-corrected chi connectivity index (χ1v) is 8.33. The number of aryl methyl sites for hydroxylation is 2. The van der Waals surface area contributed by atoms with Gasteiger partial charge in [-0.2, -0.15) is 0 Å². The van der Waals surface area contributed by atoms with Gasteiger partial charge in [-0.3, -0.25) is 4.98 Å². The normalized spacial score (nSPS) is 10.9. The summed E-state index contributed by atoms with van der Waals surface area (Å²) in [5.41, 5.74) is 4.38. The Hall–Kier alpha value is -3.14. The van der Waals surface area contributed by atoms with Gasteiger partial charge in [0.25, 0.3) is 0 Å². The van der Waals surface area contributed by atoms with Gasteiger partial charge in [-0.15, -0.1) is 0 Å². The lowest BCUT2D eigenvalue weighted by Gasteiger charge is -2.02. The minimum atomic E-state index is 0.748. The Bertz CT molecular complexity index is 910. The molecule has 3 aromatic heterocycles. The molecular formula is C21H18N2O2. The summed E-state index contributed by atoms with van der Waals surface area (Å²) in [5.74, 6) is 1.77. The summed E-state index contributed by atoms with van der Waals surface area (Å²) in [6.45, 7) is 0. The monoisotopic (exact) mass is 330 g/mol. The summed E-state index contributed by atoms with van der Waals surface area (Å²) in [6.07, 6.45) is 7.89. The standard InChI is InChI=1S/C21H18N2O2/c1-3-18(15-22-11-1)21-14-19(23-25-21)13-17-7-5-16(6-8-17)9-10-20-4-2-12-24-20/h1-8,11-12,14-15H,9-10,13H2. The van der Waals surface area contributed by atoms with Gasteiger partial charge in [0, 0.05) is 36.9 Å². The lowest BCUT2D eigenvalue weighted by Crippen LogP contribution is -1.92. The number of furan rings is 1. The van der Waals surface area contributed by atoms with Crippen molar-refractivity contribution in [2.45, 2.75) is 19.3 Å². The Morgan fingerprint density at radius 3 is 2.52 bits per heavy atom. The number of hydrogen-bond acceptors (Lipinski definition) is 4. The summed E-state index contributed by atoms with van der Waals surface area (Å²) in [5, 5.41) is 4.17. The Morgan fingerprint density at radius 2 is 1.76 bits per heavy atom. The minimum Gasteiger partial charge on any atom is -0.469 e. The highest BCUT2D eigenvalue weighted by Crippen LogP contribution is 2.20. The van der Waals surface area contributed by atoms with E-state index < -0.39 is 0 Å². The van der Waals surface area contributed by atoms with Crippen LogP contribution in [0.15, 0.2) is 82.2 Å². The van der Waals surface area contributed by atoms with Crippen molar-refractivity contribution in [2.24, 2.45) is 0 Å². The van der Waals surface area contributed by atoms with E-state index in [0.29, 0.717) is 0 Å². The smallest absolute Gasteiger partial charge is 0.168 e. The number of pyridine rings is 1. The molecule has 0 aliphatic carbocycles. The first-order chi connectivity index (χ1) is 12.4. The molecule has 25 heavy (non-hydrogen) atoms. The number of aromatic nitrogens is 2. The molecule has 0 bridgehead atoms. The van der Waals surface area contributed by atoms with Crippen LogP contribution in [0.2, 0.25) is 0 Å². The highest BCUT2D eigenvalue weighted by Gasteiger charge is 2.07. The van der Waals surface area contributed by atoms with Gasteiger partial charge in [-0.1, -0.05) is 29.4 Å². The maximum atomic E-state index is 5.43. The van der Waals surface area contributed by atoms with E-state index in [2.05, 4.69) is 34.4 Å². The molecule has 0 aliphatic rings. The first-order valence-electron chi connectivity index (χ1n) is 8.33. The molecule has 1 aromatic carbocycles. The largest absolute Gasteiger partial charge is 0.469 e. The van der Waals surface area contributed by atoms with Crippen LogP contribution in [0.25, 0.3) is 11.3 Å². The van der Waals surface area contributed by atoms with Crippen LogP contribution < -0.4 is 0 Å². The lowest BCUT2D eigenvalue weighted by molar-refractivity contribution is 0.425. The second-order valence-electron chi connectivity index (χ2n) is 6.00. The maximum Gasteiger partial charge on any atom is 0.168 e. The number of rotatable bonds is 6. The van der Waals surface area contributed by atoms with Gasteiger partial charge in [0.1, 0.15) is 5.76 Å². The van der Waals surface area contributed by atoms with E-state index in [-0.39, 0.29) is 0 Å². The summed E-state index contributed by atoms with van der Waals surface area (Å²) in [7, 11) is 0. The molecule has 0 radical (unpaired) electrons. The molecule has 3 heterocycles. The van der Waals surface area contributed by atoms with Crippen LogP contribution in [0.1, 0.15) is 22.6 Å². The van der Waals surface area contributed by atoms with E-state index in [1.807, 2.05) is 30.3 Å². The molecule has 4 heteroatoms. The highest BCUT2D eigenvalue weighted by atomic mass is 16.5. The van der Waals surface area contributed by atoms with Gasteiger partial charge in [-0.05, 0) is 41.8 Å². The van der Waals surface area contributed by atoms with Crippen molar-refractivity contribution in [1.82, 2.24) is 10.1 Å². The van der Waals surface area contributed by atoms with Crippen molar-refractivity contribution < 1.29 is 8.94 Å². The first kappa shape index (κ1) is 15.4. The zero-order chi connectivity index (χ0) is 16.9. The van der Waals surface area contributed by atoms with E-state index in [1.54, 1.807) is 18.7 Å². The fourth-order valence-electron chi connectivity index (χ4n) is 2.79. The molecular weight excluding hydrogens is 312 g/mol. The van der Waals surface area contributed by atoms with Gasteiger partial charge >= 0.3 is 0 Å². The zero-order valence-corrected chi connectivity index (χ0v) is 13.8. The number of hydrogen-bond donors (Lipinski definition) is 0. The van der Waals surface area contributed by atoms with Gasteiger partial charge in [0.2, 0.25) is 0 Å². The fourth-order valence-corrected chi connectivity index (χ4v) is 2.79. The van der Waals surface area contributed by atoms with Crippen LogP contribution in [0.3, 0.4) is 0 Å². The Morgan fingerprint density at radius 1 is 0.880 bits per heavy atom. The van der Waals surface area contributed by atoms with E-state index in [4.69, 9.17) is 8.94 Å². The van der Waals surface area contributed by atoms with E-state index in [1.165, 1.54) is 11.1 Å². The van der Waals surface area contributed by atoms with Crippen molar-refractivity contribution in [3.63, 3.8) is 0 Å². The van der Waals surface area contributed by atoms with Crippen molar-refractivity contribution in [2.75, 3.05) is 0 Å². The van der Waals surface area contributed by atoms with Crippen LogP contribution >= 0.6 is 0 Å². The third-order valence-corrected chi connectivity index (χ3v) is 4.15. The molecule has 0 saturated heterocycles. The van der Waals surface area contributed by atoms with Gasteiger partial charge in [0.05, 0.1) is 12.0 Å². The third kappa shape index (κ3) is 3.86. The fraction of sp³-hybridized carbons (Fsp3) is 0.143. The Kier molecular flexibility index (Phi) is 4.42. The number of nitrogens with zero attached hydrogens (tertiary/aromatic N) is 2. The molecule has 4 rings (SSSR count). The second-order valence-corrected chi connectivity index (χ2v) is 6.00. The van der Waals surface area contributed by atoms with Crippen molar-refractivity contribution >= 4 is 0 Å². The quantitative estimate of drug-likeness (QED) is 0.514. The molecule has 0 saturated carbocycles. The predicted molar refractivity (Wildman–Crippen MR) is 95.1 cm³/mol. The van der Waals surface area contributed by atoms with Gasteiger partial charge < -0.3 is 8.94 Å². The summed E-state index contributed by atoms with van der Waals surface area (Å²) in [6, 6.07) is 18.4. The lowest BCUT2D eigenvalue weighted by atomic mass is 10.0. The molecule has 0 spiro atoms. The molecule has 0 aliphatic heterocycles. The molecule has 0 unspecified atom stereocenters.